The summed E-state index contributed by atoms with van der Waals surface area (Å²) in [6.45, 7) is 0. The highest BCUT2D eigenvalue weighted by Gasteiger charge is 2.26. The molecule has 0 unspecified atom stereocenters. The lowest BCUT2D eigenvalue weighted by atomic mass is 9.78. The van der Waals surface area contributed by atoms with E-state index in [2.05, 4.69) is 36.4 Å². The topological polar surface area (TPSA) is 49.7 Å². The third-order valence-electron chi connectivity index (χ3n) is 5.55. The average molecular weight is 392 g/mol. The second kappa shape index (κ2) is 8.87. The minimum absolute atomic E-state index is 0.359. The van der Waals surface area contributed by atoms with Crippen LogP contribution < -0.4 is 4.52 Å². The molecule has 4 rings (SSSR count). The average Bonchev–Trinajstić information content (AvgIpc) is 2.75. The standard InChI is InChI=1S/C24H25O3P/c25-28(26)27-22-17-16-21(18-10-4-1-5-11-18)23(19-12-6-2-7-13-19)24(22)20-14-8-3-9-15-20/h1-2,4-7,10-13,16-17,20,25-26H,3,8-9,14-15H2. The molecule has 4 heteroatoms. The molecule has 2 N–H and O–H groups in total. The first-order chi connectivity index (χ1) is 13.7. The van der Waals surface area contributed by atoms with Gasteiger partial charge < -0.3 is 14.3 Å². The lowest BCUT2D eigenvalue weighted by Gasteiger charge is -2.28. The summed E-state index contributed by atoms with van der Waals surface area (Å²) in [5, 5.41) is 0. The predicted octanol–water partition coefficient (Wildman–Crippen LogP) is 6.66. The van der Waals surface area contributed by atoms with E-state index in [9.17, 15) is 9.79 Å². The van der Waals surface area contributed by atoms with Crippen LogP contribution in [0.5, 0.6) is 5.75 Å². The van der Waals surface area contributed by atoms with Gasteiger partial charge in [-0.1, -0.05) is 86.0 Å². The molecule has 3 aromatic rings. The van der Waals surface area contributed by atoms with Crippen molar-refractivity contribution in [2.75, 3.05) is 0 Å². The van der Waals surface area contributed by atoms with Crippen LogP contribution in [0.15, 0.2) is 72.8 Å². The minimum Gasteiger partial charge on any atom is -0.427 e. The van der Waals surface area contributed by atoms with E-state index in [0.29, 0.717) is 11.7 Å². The first-order valence-corrected chi connectivity index (χ1v) is 11.0. The molecule has 1 aliphatic rings. The van der Waals surface area contributed by atoms with Crippen LogP contribution in [-0.2, 0) is 0 Å². The van der Waals surface area contributed by atoms with E-state index in [-0.39, 0.29) is 0 Å². The summed E-state index contributed by atoms with van der Waals surface area (Å²) in [5.74, 6) is 0.958. The smallest absolute Gasteiger partial charge is 0.391 e. The lowest BCUT2D eigenvalue weighted by Crippen LogP contribution is -2.09. The fourth-order valence-electron chi connectivity index (χ4n) is 4.34. The maximum Gasteiger partial charge on any atom is 0.391 e. The van der Waals surface area contributed by atoms with Crippen molar-refractivity contribution in [1.29, 1.82) is 0 Å². The van der Waals surface area contributed by atoms with Crippen LogP contribution in [0.25, 0.3) is 22.3 Å². The van der Waals surface area contributed by atoms with Gasteiger partial charge in [-0.25, -0.2) is 0 Å². The summed E-state index contributed by atoms with van der Waals surface area (Å²) in [7, 11) is -2.46. The SMILES string of the molecule is OP(O)Oc1ccc(-c2ccccc2)c(-c2ccccc2)c1C1CCCCC1. The molecule has 0 radical (unpaired) electrons. The largest absolute Gasteiger partial charge is 0.427 e. The van der Waals surface area contributed by atoms with Crippen molar-refractivity contribution < 1.29 is 14.3 Å². The second-order valence-corrected chi connectivity index (χ2v) is 8.00. The molecule has 144 valence electrons. The van der Waals surface area contributed by atoms with Crippen LogP contribution in [0.3, 0.4) is 0 Å². The Morgan fingerprint density at radius 3 is 1.93 bits per heavy atom. The van der Waals surface area contributed by atoms with Gasteiger partial charge >= 0.3 is 8.60 Å². The molecular formula is C24H25O3P. The maximum atomic E-state index is 9.57. The highest BCUT2D eigenvalue weighted by Crippen LogP contribution is 2.49. The monoisotopic (exact) mass is 392 g/mol. The molecular weight excluding hydrogens is 367 g/mol. The normalized spacial score (nSPS) is 15.0. The highest BCUT2D eigenvalue weighted by molar-refractivity contribution is 7.39. The van der Waals surface area contributed by atoms with Crippen LogP contribution in [-0.4, -0.2) is 9.79 Å². The highest BCUT2D eigenvalue weighted by atomic mass is 31.2. The summed E-state index contributed by atoms with van der Waals surface area (Å²) in [6, 6.07) is 24.7. The van der Waals surface area contributed by atoms with E-state index in [1.807, 2.05) is 36.4 Å². The Morgan fingerprint density at radius 1 is 0.714 bits per heavy atom. The molecule has 0 aromatic heterocycles. The molecule has 3 aromatic carbocycles. The Bertz CT molecular complexity index is 904. The van der Waals surface area contributed by atoms with Gasteiger partial charge in [0, 0.05) is 5.56 Å². The number of benzene rings is 3. The van der Waals surface area contributed by atoms with Crippen LogP contribution in [0.4, 0.5) is 0 Å². The third kappa shape index (κ3) is 4.12. The van der Waals surface area contributed by atoms with Crippen LogP contribution in [0, 0.1) is 0 Å². The van der Waals surface area contributed by atoms with Crippen molar-refractivity contribution in [3.8, 4) is 28.0 Å². The minimum atomic E-state index is -2.46. The van der Waals surface area contributed by atoms with Gasteiger partial charge in [0.25, 0.3) is 0 Å². The van der Waals surface area contributed by atoms with Crippen molar-refractivity contribution >= 4 is 8.60 Å². The molecule has 0 bridgehead atoms. The fourth-order valence-corrected chi connectivity index (χ4v) is 4.67. The van der Waals surface area contributed by atoms with Crippen LogP contribution >= 0.6 is 8.60 Å². The van der Waals surface area contributed by atoms with E-state index in [1.54, 1.807) is 0 Å². The van der Waals surface area contributed by atoms with Crippen molar-refractivity contribution in [2.24, 2.45) is 0 Å². The Balaban J connectivity index is 1.98. The summed E-state index contributed by atoms with van der Waals surface area (Å²) in [4.78, 5) is 19.1. The van der Waals surface area contributed by atoms with Gasteiger partial charge in [0.1, 0.15) is 5.75 Å². The molecule has 1 aliphatic carbocycles. The molecule has 3 nitrogen and oxygen atoms in total. The predicted molar refractivity (Wildman–Crippen MR) is 115 cm³/mol. The summed E-state index contributed by atoms with van der Waals surface area (Å²) in [5.41, 5.74) is 5.70. The molecule has 1 saturated carbocycles. The van der Waals surface area contributed by atoms with E-state index < -0.39 is 8.60 Å². The van der Waals surface area contributed by atoms with Crippen molar-refractivity contribution in [1.82, 2.24) is 0 Å². The molecule has 28 heavy (non-hydrogen) atoms. The van der Waals surface area contributed by atoms with E-state index in [0.717, 1.165) is 40.7 Å². The zero-order valence-corrected chi connectivity index (χ0v) is 16.7. The van der Waals surface area contributed by atoms with Gasteiger partial charge in [0.2, 0.25) is 0 Å². The number of hydrogen-bond acceptors (Lipinski definition) is 3. The van der Waals surface area contributed by atoms with Gasteiger partial charge in [-0.05, 0) is 47.1 Å². The molecule has 0 atom stereocenters. The Labute approximate surface area is 167 Å². The van der Waals surface area contributed by atoms with E-state index in [1.165, 1.54) is 19.3 Å². The molecule has 0 aliphatic heterocycles. The van der Waals surface area contributed by atoms with Gasteiger partial charge in [0.05, 0.1) is 0 Å². The summed E-state index contributed by atoms with van der Waals surface area (Å²) < 4.78 is 5.53. The molecule has 0 heterocycles. The van der Waals surface area contributed by atoms with Crippen molar-refractivity contribution in [3.05, 3.63) is 78.4 Å². The quantitative estimate of drug-likeness (QED) is 0.477. The maximum absolute atomic E-state index is 9.57. The first-order valence-electron chi connectivity index (χ1n) is 9.87. The molecule has 0 saturated heterocycles. The van der Waals surface area contributed by atoms with Crippen molar-refractivity contribution in [3.63, 3.8) is 0 Å². The van der Waals surface area contributed by atoms with Gasteiger partial charge in [-0.2, -0.15) is 0 Å². The molecule has 0 spiro atoms. The molecule has 0 amide bonds. The number of rotatable bonds is 5. The fraction of sp³-hybridized carbons (Fsp3) is 0.250. The summed E-state index contributed by atoms with van der Waals surface area (Å²) in [6.07, 6.45) is 5.85. The van der Waals surface area contributed by atoms with Gasteiger partial charge in [-0.3, -0.25) is 0 Å². The lowest BCUT2D eigenvalue weighted by molar-refractivity contribution is 0.367. The second-order valence-electron chi connectivity index (χ2n) is 7.31. The van der Waals surface area contributed by atoms with Gasteiger partial charge in [0.15, 0.2) is 0 Å². The first kappa shape index (κ1) is 19.1. The summed E-state index contributed by atoms with van der Waals surface area (Å²) >= 11 is 0. The van der Waals surface area contributed by atoms with Crippen LogP contribution in [0.1, 0.15) is 43.6 Å². The van der Waals surface area contributed by atoms with Crippen molar-refractivity contribution in [2.45, 2.75) is 38.0 Å². The van der Waals surface area contributed by atoms with Crippen LogP contribution in [0.2, 0.25) is 0 Å². The van der Waals surface area contributed by atoms with E-state index >= 15 is 0 Å². The Morgan fingerprint density at radius 2 is 1.32 bits per heavy atom. The molecule has 1 fully saturated rings. The van der Waals surface area contributed by atoms with Gasteiger partial charge in [-0.15, -0.1) is 0 Å². The zero-order valence-electron chi connectivity index (χ0n) is 15.8. The Hall–Kier alpha value is -2.19. The van der Waals surface area contributed by atoms with E-state index in [4.69, 9.17) is 4.52 Å². The third-order valence-corrected chi connectivity index (χ3v) is 5.91. The Kier molecular flexibility index (Phi) is 6.07. The number of hydrogen-bond donors (Lipinski definition) is 2. The zero-order chi connectivity index (χ0) is 19.3.